The Morgan fingerprint density at radius 1 is 1.11 bits per heavy atom. The molecular weight excluding hydrogens is 236 g/mol. The third kappa shape index (κ3) is 2.77. The van der Waals surface area contributed by atoms with Crippen LogP contribution in [-0.2, 0) is 6.61 Å². The first-order valence-electron chi connectivity index (χ1n) is 5.49. The van der Waals surface area contributed by atoms with Gasteiger partial charge in [-0.15, -0.1) is 0 Å². The van der Waals surface area contributed by atoms with Gasteiger partial charge in [-0.2, -0.15) is 0 Å². The van der Waals surface area contributed by atoms with Gasteiger partial charge >= 0.3 is 0 Å². The number of hydrogen-bond donors (Lipinski definition) is 1. The molecule has 0 fully saturated rings. The second-order valence-electron chi connectivity index (χ2n) is 4.03. The van der Waals surface area contributed by atoms with E-state index in [2.05, 4.69) is 0 Å². The molecule has 0 aromatic heterocycles. The van der Waals surface area contributed by atoms with Crippen molar-refractivity contribution in [2.24, 2.45) is 0 Å². The van der Waals surface area contributed by atoms with Gasteiger partial charge in [0, 0.05) is 23.9 Å². The Kier molecular flexibility index (Phi) is 3.46. The highest BCUT2D eigenvalue weighted by molar-refractivity contribution is 5.49. The van der Waals surface area contributed by atoms with Gasteiger partial charge in [0.2, 0.25) is 0 Å². The summed E-state index contributed by atoms with van der Waals surface area (Å²) in [5.41, 5.74) is 8.23. The van der Waals surface area contributed by atoms with E-state index in [1.165, 1.54) is 0 Å². The lowest BCUT2D eigenvalue weighted by atomic mass is 10.1. The first-order chi connectivity index (χ1) is 8.56. The van der Waals surface area contributed by atoms with Gasteiger partial charge in [-0.3, -0.25) is 0 Å². The smallest absolute Gasteiger partial charge is 0.129 e. The van der Waals surface area contributed by atoms with Crippen LogP contribution in [0.3, 0.4) is 0 Å². The van der Waals surface area contributed by atoms with Gasteiger partial charge in [0.1, 0.15) is 24.0 Å². The summed E-state index contributed by atoms with van der Waals surface area (Å²) in [7, 11) is 0. The lowest BCUT2D eigenvalue weighted by molar-refractivity contribution is 0.302. The molecule has 4 heteroatoms. The zero-order valence-electron chi connectivity index (χ0n) is 9.91. The quantitative estimate of drug-likeness (QED) is 0.846. The third-order valence-corrected chi connectivity index (χ3v) is 2.72. The third-order valence-electron chi connectivity index (χ3n) is 2.72. The van der Waals surface area contributed by atoms with Crippen molar-refractivity contribution in [1.82, 2.24) is 0 Å². The highest BCUT2D eigenvalue weighted by atomic mass is 19.1. The molecule has 0 unspecified atom stereocenters. The van der Waals surface area contributed by atoms with Gasteiger partial charge < -0.3 is 10.5 Å². The van der Waals surface area contributed by atoms with Gasteiger partial charge in [-0.1, -0.05) is 12.1 Å². The second-order valence-corrected chi connectivity index (χ2v) is 4.03. The van der Waals surface area contributed by atoms with E-state index >= 15 is 0 Å². The summed E-state index contributed by atoms with van der Waals surface area (Å²) in [5.74, 6) is -1.15. The Labute approximate surface area is 104 Å². The summed E-state index contributed by atoms with van der Waals surface area (Å²) < 4.78 is 31.3. The molecule has 0 spiro atoms. The van der Waals surface area contributed by atoms with Gasteiger partial charge in [0.15, 0.2) is 0 Å². The molecule has 2 aromatic carbocycles. The number of hydrogen-bond acceptors (Lipinski definition) is 2. The van der Waals surface area contributed by atoms with Crippen molar-refractivity contribution >= 4 is 5.69 Å². The van der Waals surface area contributed by atoms with Crippen LogP contribution in [0.1, 0.15) is 11.1 Å². The number of anilines is 1. The molecule has 0 amide bonds. The monoisotopic (exact) mass is 249 g/mol. The maximum absolute atomic E-state index is 13.0. The number of nitrogens with two attached hydrogens (primary N) is 1. The van der Waals surface area contributed by atoms with E-state index in [0.29, 0.717) is 5.69 Å². The standard InChI is InChI=1S/C14H13F2NO/c1-9-10(3-2-4-14(9)17)8-18-13-6-11(15)5-12(16)7-13/h2-7H,8,17H2,1H3. The van der Waals surface area contributed by atoms with Gasteiger partial charge in [-0.05, 0) is 24.1 Å². The number of benzene rings is 2. The van der Waals surface area contributed by atoms with Crippen LogP contribution in [0.4, 0.5) is 14.5 Å². The lowest BCUT2D eigenvalue weighted by Gasteiger charge is -2.10. The minimum Gasteiger partial charge on any atom is -0.489 e. The zero-order chi connectivity index (χ0) is 13.1. The van der Waals surface area contributed by atoms with Crippen molar-refractivity contribution in [1.29, 1.82) is 0 Å². The Morgan fingerprint density at radius 2 is 1.78 bits per heavy atom. The molecule has 0 bridgehead atoms. The van der Waals surface area contributed by atoms with Crippen molar-refractivity contribution in [2.75, 3.05) is 5.73 Å². The van der Waals surface area contributed by atoms with Gasteiger partial charge in [-0.25, -0.2) is 8.78 Å². The maximum Gasteiger partial charge on any atom is 0.129 e. The van der Waals surface area contributed by atoms with Crippen LogP contribution in [0.2, 0.25) is 0 Å². The lowest BCUT2D eigenvalue weighted by Crippen LogP contribution is -2.01. The molecule has 0 radical (unpaired) electrons. The SMILES string of the molecule is Cc1c(N)cccc1COc1cc(F)cc(F)c1. The van der Waals surface area contributed by atoms with Crippen LogP contribution >= 0.6 is 0 Å². The molecule has 94 valence electrons. The number of nitrogen functional groups attached to an aromatic ring is 1. The number of halogens is 2. The van der Waals surface area contributed by atoms with E-state index in [9.17, 15) is 8.78 Å². The van der Waals surface area contributed by atoms with Crippen LogP contribution in [0.25, 0.3) is 0 Å². The summed E-state index contributed by atoms with van der Waals surface area (Å²) >= 11 is 0. The van der Waals surface area contributed by atoms with Crippen molar-refractivity contribution in [3.63, 3.8) is 0 Å². The summed E-state index contributed by atoms with van der Waals surface area (Å²) in [6.07, 6.45) is 0. The van der Waals surface area contributed by atoms with E-state index in [1.807, 2.05) is 19.1 Å². The summed E-state index contributed by atoms with van der Waals surface area (Å²) in [6, 6.07) is 8.56. The molecule has 0 atom stereocenters. The van der Waals surface area contributed by atoms with Crippen LogP contribution in [0.5, 0.6) is 5.75 Å². The van der Waals surface area contributed by atoms with E-state index in [4.69, 9.17) is 10.5 Å². The average Bonchev–Trinajstić information content (AvgIpc) is 2.30. The molecule has 0 heterocycles. The molecule has 0 aliphatic carbocycles. The Bertz CT molecular complexity index is 549. The molecule has 18 heavy (non-hydrogen) atoms. The summed E-state index contributed by atoms with van der Waals surface area (Å²) in [4.78, 5) is 0. The van der Waals surface area contributed by atoms with Gasteiger partial charge in [0.05, 0.1) is 0 Å². The first kappa shape index (κ1) is 12.4. The number of ether oxygens (including phenoxy) is 1. The predicted molar refractivity (Wildman–Crippen MR) is 66.3 cm³/mol. The molecule has 2 nitrogen and oxygen atoms in total. The molecule has 2 aromatic rings. The summed E-state index contributed by atoms with van der Waals surface area (Å²) in [6.45, 7) is 2.10. The molecule has 0 aliphatic rings. The van der Waals surface area contributed by atoms with E-state index in [-0.39, 0.29) is 12.4 Å². The largest absolute Gasteiger partial charge is 0.489 e. The number of rotatable bonds is 3. The molecular formula is C14H13F2NO. The maximum atomic E-state index is 13.0. The fourth-order valence-electron chi connectivity index (χ4n) is 1.63. The van der Waals surface area contributed by atoms with Crippen molar-refractivity contribution in [3.8, 4) is 5.75 Å². The van der Waals surface area contributed by atoms with Gasteiger partial charge in [0.25, 0.3) is 0 Å². The second kappa shape index (κ2) is 5.04. The average molecular weight is 249 g/mol. The Morgan fingerprint density at radius 3 is 2.44 bits per heavy atom. The van der Waals surface area contributed by atoms with E-state index in [1.54, 1.807) is 6.07 Å². The Balaban J connectivity index is 2.14. The Hall–Kier alpha value is -2.10. The molecule has 0 saturated heterocycles. The molecule has 2 rings (SSSR count). The van der Waals surface area contributed by atoms with Crippen molar-refractivity contribution in [3.05, 3.63) is 59.2 Å². The minimum atomic E-state index is -0.658. The van der Waals surface area contributed by atoms with Crippen LogP contribution in [0, 0.1) is 18.6 Å². The van der Waals surface area contributed by atoms with Crippen molar-refractivity contribution in [2.45, 2.75) is 13.5 Å². The molecule has 0 aliphatic heterocycles. The highest BCUT2D eigenvalue weighted by Crippen LogP contribution is 2.20. The highest BCUT2D eigenvalue weighted by Gasteiger charge is 2.04. The predicted octanol–water partition coefficient (Wildman–Crippen LogP) is 3.43. The zero-order valence-corrected chi connectivity index (χ0v) is 9.91. The molecule has 0 saturated carbocycles. The van der Waals surface area contributed by atoms with Crippen molar-refractivity contribution < 1.29 is 13.5 Å². The van der Waals surface area contributed by atoms with Crippen LogP contribution < -0.4 is 10.5 Å². The van der Waals surface area contributed by atoms with E-state index in [0.717, 1.165) is 29.3 Å². The van der Waals surface area contributed by atoms with Crippen LogP contribution in [0.15, 0.2) is 36.4 Å². The normalized spacial score (nSPS) is 10.4. The minimum absolute atomic E-state index is 0.161. The topological polar surface area (TPSA) is 35.2 Å². The summed E-state index contributed by atoms with van der Waals surface area (Å²) in [5, 5.41) is 0. The van der Waals surface area contributed by atoms with Crippen LogP contribution in [-0.4, -0.2) is 0 Å². The van der Waals surface area contributed by atoms with E-state index < -0.39 is 11.6 Å². The first-order valence-corrected chi connectivity index (χ1v) is 5.49. The fourth-order valence-corrected chi connectivity index (χ4v) is 1.63. The molecule has 2 N–H and O–H groups in total. The fraction of sp³-hybridized carbons (Fsp3) is 0.143.